The van der Waals surface area contributed by atoms with E-state index in [1.54, 1.807) is 12.5 Å². The average Bonchev–Trinajstić information content (AvgIpc) is 3.02. The molecule has 0 aliphatic carbocycles. The van der Waals surface area contributed by atoms with Crippen molar-refractivity contribution in [2.45, 2.75) is 18.4 Å². The van der Waals surface area contributed by atoms with Crippen molar-refractivity contribution < 1.29 is 14.3 Å². The predicted molar refractivity (Wildman–Crippen MR) is 88.4 cm³/mol. The molecule has 2 aromatic heterocycles. The normalized spacial score (nSPS) is 17.5. The summed E-state index contributed by atoms with van der Waals surface area (Å²) in [5.74, 6) is 0. The van der Waals surface area contributed by atoms with Crippen LogP contribution in [0.3, 0.4) is 0 Å². The number of benzene rings is 1. The van der Waals surface area contributed by atoms with Gasteiger partial charge in [-0.1, -0.05) is 17.7 Å². The van der Waals surface area contributed by atoms with Crippen molar-refractivity contribution in [3.63, 3.8) is 0 Å². The molecule has 0 radical (unpaired) electrons. The number of ether oxygens (including phenoxy) is 1. The summed E-state index contributed by atoms with van der Waals surface area (Å²) in [5, 5.41) is 12.3. The maximum Gasteiger partial charge on any atom is 0.135 e. The van der Waals surface area contributed by atoms with Gasteiger partial charge in [0.15, 0.2) is 0 Å². The zero-order valence-electron chi connectivity index (χ0n) is 12.5. The highest BCUT2D eigenvalue weighted by atomic mass is 35.5. The largest absolute Gasteiger partial charge is 0.464 e. The van der Waals surface area contributed by atoms with Crippen molar-refractivity contribution in [3.8, 4) is 11.1 Å². The lowest BCUT2D eigenvalue weighted by Gasteiger charge is -2.31. The lowest BCUT2D eigenvalue weighted by molar-refractivity contribution is -0.0705. The molecule has 3 heterocycles. The molecule has 0 atom stereocenters. The van der Waals surface area contributed by atoms with E-state index in [2.05, 4.69) is 4.98 Å². The van der Waals surface area contributed by atoms with E-state index in [1.165, 1.54) is 0 Å². The molecule has 1 saturated heterocycles. The minimum atomic E-state index is -0.894. The van der Waals surface area contributed by atoms with Gasteiger partial charge < -0.3 is 14.3 Å². The van der Waals surface area contributed by atoms with E-state index < -0.39 is 5.60 Å². The van der Waals surface area contributed by atoms with Crippen LogP contribution in [0.4, 0.5) is 0 Å². The standard InChI is InChI=1S/C18H16ClNO3/c19-15-10-16-12(3-6-23-16)9-14(15)13-1-2-17(20-11-13)18(21)4-7-22-8-5-18/h1-3,6,9-11,21H,4-5,7-8H2. The van der Waals surface area contributed by atoms with Crippen molar-refractivity contribution in [2.75, 3.05) is 13.2 Å². The number of halogens is 1. The van der Waals surface area contributed by atoms with Gasteiger partial charge in [-0.3, -0.25) is 4.98 Å². The van der Waals surface area contributed by atoms with Gasteiger partial charge in [-0.2, -0.15) is 0 Å². The fraction of sp³-hybridized carbons (Fsp3) is 0.278. The number of aliphatic hydroxyl groups is 1. The Labute approximate surface area is 138 Å². The Balaban J connectivity index is 1.70. The van der Waals surface area contributed by atoms with Crippen molar-refractivity contribution in [2.24, 2.45) is 0 Å². The van der Waals surface area contributed by atoms with Crippen LogP contribution in [0.1, 0.15) is 18.5 Å². The SMILES string of the molecule is OC1(c2ccc(-c3cc4ccoc4cc3Cl)cn2)CCOCC1. The quantitative estimate of drug-likeness (QED) is 0.767. The first kappa shape index (κ1) is 14.7. The number of fused-ring (bicyclic) bond motifs is 1. The third-order valence-electron chi connectivity index (χ3n) is 4.41. The molecule has 1 aliphatic rings. The van der Waals surface area contributed by atoms with Crippen LogP contribution in [-0.2, 0) is 10.3 Å². The summed E-state index contributed by atoms with van der Waals surface area (Å²) >= 11 is 6.36. The second-order valence-electron chi connectivity index (χ2n) is 5.87. The highest BCUT2D eigenvalue weighted by molar-refractivity contribution is 6.34. The average molecular weight is 330 g/mol. The first-order chi connectivity index (χ1) is 11.2. The van der Waals surface area contributed by atoms with Crippen LogP contribution < -0.4 is 0 Å². The molecular formula is C18H16ClNO3. The van der Waals surface area contributed by atoms with Crippen molar-refractivity contribution >= 4 is 22.6 Å². The van der Waals surface area contributed by atoms with Crippen LogP contribution in [0.15, 0.2) is 47.2 Å². The molecule has 23 heavy (non-hydrogen) atoms. The lowest BCUT2D eigenvalue weighted by atomic mass is 9.90. The number of nitrogens with zero attached hydrogens (tertiary/aromatic N) is 1. The van der Waals surface area contributed by atoms with Crippen LogP contribution in [0, 0.1) is 0 Å². The van der Waals surface area contributed by atoms with Gasteiger partial charge >= 0.3 is 0 Å². The predicted octanol–water partition coefficient (Wildman–Crippen LogP) is 4.15. The molecule has 5 heteroatoms. The van der Waals surface area contributed by atoms with E-state index in [0.717, 1.165) is 22.1 Å². The molecule has 4 rings (SSSR count). The van der Waals surface area contributed by atoms with Crippen LogP contribution in [0.2, 0.25) is 5.02 Å². The molecule has 0 bridgehead atoms. The number of furan rings is 1. The van der Waals surface area contributed by atoms with E-state index >= 15 is 0 Å². The van der Waals surface area contributed by atoms with Gasteiger partial charge in [0.25, 0.3) is 0 Å². The number of aromatic nitrogens is 1. The highest BCUT2D eigenvalue weighted by Crippen LogP contribution is 2.35. The fourth-order valence-electron chi connectivity index (χ4n) is 3.00. The number of rotatable bonds is 2. The van der Waals surface area contributed by atoms with E-state index in [1.807, 2.05) is 30.3 Å². The summed E-state index contributed by atoms with van der Waals surface area (Å²) in [5.41, 5.74) is 2.37. The van der Waals surface area contributed by atoms with Gasteiger partial charge in [-0.25, -0.2) is 0 Å². The molecule has 0 unspecified atom stereocenters. The smallest absolute Gasteiger partial charge is 0.135 e. The Bertz CT molecular complexity index is 835. The van der Waals surface area contributed by atoms with Crippen molar-refractivity contribution in [3.05, 3.63) is 53.5 Å². The van der Waals surface area contributed by atoms with Crippen LogP contribution in [-0.4, -0.2) is 23.3 Å². The summed E-state index contributed by atoms with van der Waals surface area (Å²) in [7, 11) is 0. The molecule has 0 amide bonds. The second kappa shape index (κ2) is 5.64. The van der Waals surface area contributed by atoms with Gasteiger partial charge in [0, 0.05) is 54.8 Å². The second-order valence-corrected chi connectivity index (χ2v) is 6.27. The lowest BCUT2D eigenvalue weighted by Crippen LogP contribution is -2.34. The summed E-state index contributed by atoms with van der Waals surface area (Å²) in [6.07, 6.45) is 4.55. The van der Waals surface area contributed by atoms with E-state index in [9.17, 15) is 5.11 Å². The summed E-state index contributed by atoms with van der Waals surface area (Å²) in [6.45, 7) is 1.12. The van der Waals surface area contributed by atoms with Crippen LogP contribution in [0.25, 0.3) is 22.1 Å². The topological polar surface area (TPSA) is 55.5 Å². The zero-order valence-corrected chi connectivity index (χ0v) is 13.2. The third kappa shape index (κ3) is 2.63. The Kier molecular flexibility index (Phi) is 3.60. The maximum atomic E-state index is 10.7. The van der Waals surface area contributed by atoms with Gasteiger partial charge in [0.2, 0.25) is 0 Å². The molecule has 1 fully saturated rings. The summed E-state index contributed by atoms with van der Waals surface area (Å²) in [6, 6.07) is 9.52. The molecular weight excluding hydrogens is 314 g/mol. The van der Waals surface area contributed by atoms with Crippen molar-refractivity contribution in [1.82, 2.24) is 4.98 Å². The molecule has 1 N–H and O–H groups in total. The minimum Gasteiger partial charge on any atom is -0.464 e. The molecule has 1 aliphatic heterocycles. The van der Waals surface area contributed by atoms with E-state index in [0.29, 0.717) is 36.8 Å². The molecule has 118 valence electrons. The Hall–Kier alpha value is -1.88. The van der Waals surface area contributed by atoms with Crippen LogP contribution in [0.5, 0.6) is 0 Å². The fourth-order valence-corrected chi connectivity index (χ4v) is 3.26. The molecule has 0 saturated carbocycles. The number of hydrogen-bond acceptors (Lipinski definition) is 4. The molecule has 0 spiro atoms. The van der Waals surface area contributed by atoms with Gasteiger partial charge in [0.1, 0.15) is 11.2 Å². The number of hydrogen-bond donors (Lipinski definition) is 1. The molecule has 3 aromatic rings. The number of pyridine rings is 1. The Morgan fingerprint density at radius 2 is 1.96 bits per heavy atom. The summed E-state index contributed by atoms with van der Waals surface area (Å²) in [4.78, 5) is 4.47. The van der Waals surface area contributed by atoms with Gasteiger partial charge in [-0.05, 0) is 18.2 Å². The highest BCUT2D eigenvalue weighted by Gasteiger charge is 2.33. The maximum absolute atomic E-state index is 10.7. The molecule has 1 aromatic carbocycles. The molecule has 4 nitrogen and oxygen atoms in total. The Morgan fingerprint density at radius 1 is 1.13 bits per heavy atom. The van der Waals surface area contributed by atoms with Crippen LogP contribution >= 0.6 is 11.6 Å². The van der Waals surface area contributed by atoms with Crippen molar-refractivity contribution in [1.29, 1.82) is 0 Å². The monoisotopic (exact) mass is 329 g/mol. The van der Waals surface area contributed by atoms with Gasteiger partial charge in [0.05, 0.1) is 17.0 Å². The zero-order chi connectivity index (χ0) is 15.9. The minimum absolute atomic E-state index is 0.558. The summed E-state index contributed by atoms with van der Waals surface area (Å²) < 4.78 is 10.7. The van der Waals surface area contributed by atoms with E-state index in [-0.39, 0.29) is 0 Å². The first-order valence-electron chi connectivity index (χ1n) is 7.59. The first-order valence-corrected chi connectivity index (χ1v) is 7.97. The Morgan fingerprint density at radius 3 is 2.70 bits per heavy atom. The van der Waals surface area contributed by atoms with E-state index in [4.69, 9.17) is 20.8 Å². The third-order valence-corrected chi connectivity index (χ3v) is 4.73. The van der Waals surface area contributed by atoms with Gasteiger partial charge in [-0.15, -0.1) is 0 Å².